The first-order chi connectivity index (χ1) is 13.8. The first-order valence-corrected chi connectivity index (χ1v) is 9.79. The van der Waals surface area contributed by atoms with Gasteiger partial charge in [-0.05, 0) is 61.7 Å². The van der Waals surface area contributed by atoms with Gasteiger partial charge in [0.2, 0.25) is 11.8 Å². The van der Waals surface area contributed by atoms with Gasteiger partial charge in [-0.3, -0.25) is 14.4 Å². The van der Waals surface area contributed by atoms with Gasteiger partial charge < -0.3 is 15.5 Å². The number of anilines is 1. The van der Waals surface area contributed by atoms with Crippen LogP contribution < -0.4 is 10.6 Å². The molecule has 0 saturated heterocycles. The van der Waals surface area contributed by atoms with Crippen LogP contribution in [0.25, 0.3) is 0 Å². The van der Waals surface area contributed by atoms with E-state index in [-0.39, 0.29) is 30.7 Å². The van der Waals surface area contributed by atoms with Gasteiger partial charge in [0.25, 0.3) is 5.91 Å². The van der Waals surface area contributed by atoms with Crippen LogP contribution >= 0.6 is 11.6 Å². The maximum atomic E-state index is 12.2. The summed E-state index contributed by atoms with van der Waals surface area (Å²) in [4.78, 5) is 37.8. The van der Waals surface area contributed by atoms with E-state index in [2.05, 4.69) is 10.6 Å². The zero-order chi connectivity index (χ0) is 21.4. The summed E-state index contributed by atoms with van der Waals surface area (Å²) in [6.45, 7) is 4.27. The number of rotatable bonds is 8. The molecule has 0 aromatic heterocycles. The van der Waals surface area contributed by atoms with E-state index < -0.39 is 0 Å². The summed E-state index contributed by atoms with van der Waals surface area (Å²) in [5, 5.41) is 6.17. The van der Waals surface area contributed by atoms with E-state index in [1.165, 1.54) is 4.90 Å². The number of hydrogen-bond donors (Lipinski definition) is 2. The molecule has 2 aromatic rings. The molecule has 0 heterocycles. The van der Waals surface area contributed by atoms with Crippen molar-refractivity contribution >= 4 is 35.0 Å². The van der Waals surface area contributed by atoms with Gasteiger partial charge in [-0.15, -0.1) is 0 Å². The van der Waals surface area contributed by atoms with Gasteiger partial charge in [0.1, 0.15) is 0 Å². The highest BCUT2D eigenvalue weighted by molar-refractivity contribution is 6.30. The molecule has 3 amide bonds. The SMILES string of the molecule is Cc1cccc(NC(=O)CN(C)C(=O)CCCNC(=O)c2ccc(Cl)cc2)c1C. The van der Waals surface area contributed by atoms with Crippen LogP contribution in [0.4, 0.5) is 5.69 Å². The molecular weight excluding hydrogens is 390 g/mol. The van der Waals surface area contributed by atoms with Crippen molar-refractivity contribution < 1.29 is 14.4 Å². The fourth-order valence-corrected chi connectivity index (χ4v) is 2.84. The van der Waals surface area contributed by atoms with E-state index >= 15 is 0 Å². The second-order valence-corrected chi connectivity index (χ2v) is 7.35. The van der Waals surface area contributed by atoms with Gasteiger partial charge in [-0.25, -0.2) is 0 Å². The highest BCUT2D eigenvalue weighted by Crippen LogP contribution is 2.17. The molecule has 0 saturated carbocycles. The Labute approximate surface area is 176 Å². The van der Waals surface area contributed by atoms with Crippen LogP contribution in [0.5, 0.6) is 0 Å². The van der Waals surface area contributed by atoms with Gasteiger partial charge in [-0.1, -0.05) is 23.7 Å². The summed E-state index contributed by atoms with van der Waals surface area (Å²) in [5.41, 5.74) is 3.36. The number of nitrogens with zero attached hydrogens (tertiary/aromatic N) is 1. The third-order valence-corrected chi connectivity index (χ3v) is 4.90. The average Bonchev–Trinajstić information content (AvgIpc) is 2.68. The smallest absolute Gasteiger partial charge is 0.251 e. The Morgan fingerprint density at radius 3 is 2.41 bits per heavy atom. The third kappa shape index (κ3) is 6.91. The Bertz CT molecular complexity index is 881. The molecule has 0 spiro atoms. The summed E-state index contributed by atoms with van der Waals surface area (Å²) < 4.78 is 0. The van der Waals surface area contributed by atoms with Crippen LogP contribution in [0.15, 0.2) is 42.5 Å². The van der Waals surface area contributed by atoms with Gasteiger partial charge >= 0.3 is 0 Å². The lowest BCUT2D eigenvalue weighted by Crippen LogP contribution is -2.35. The second kappa shape index (κ2) is 10.6. The van der Waals surface area contributed by atoms with Gasteiger partial charge in [0, 0.05) is 36.3 Å². The van der Waals surface area contributed by atoms with Gasteiger partial charge in [-0.2, -0.15) is 0 Å². The number of benzene rings is 2. The lowest BCUT2D eigenvalue weighted by atomic mass is 10.1. The molecule has 2 rings (SSSR count). The molecule has 29 heavy (non-hydrogen) atoms. The number of carbonyl (C=O) groups excluding carboxylic acids is 3. The van der Waals surface area contributed by atoms with E-state index in [9.17, 15) is 14.4 Å². The Kier molecular flexibility index (Phi) is 8.21. The molecule has 0 aliphatic heterocycles. The highest BCUT2D eigenvalue weighted by atomic mass is 35.5. The maximum Gasteiger partial charge on any atom is 0.251 e. The number of likely N-dealkylation sites (N-methyl/N-ethyl adjacent to an activating group) is 1. The van der Waals surface area contributed by atoms with Crippen LogP contribution in [0, 0.1) is 13.8 Å². The fraction of sp³-hybridized carbons (Fsp3) is 0.318. The van der Waals surface area contributed by atoms with Crippen molar-refractivity contribution in [3.8, 4) is 0 Å². The van der Waals surface area contributed by atoms with Crippen molar-refractivity contribution in [1.29, 1.82) is 0 Å². The van der Waals surface area contributed by atoms with Gasteiger partial charge in [0.05, 0.1) is 6.54 Å². The molecule has 0 unspecified atom stereocenters. The number of hydrogen-bond acceptors (Lipinski definition) is 3. The Morgan fingerprint density at radius 1 is 1.03 bits per heavy atom. The minimum atomic E-state index is -0.245. The Hall–Kier alpha value is -2.86. The number of carbonyl (C=O) groups is 3. The standard InChI is InChI=1S/C22H26ClN3O3/c1-15-6-4-7-19(16(15)2)25-20(27)14-26(3)21(28)8-5-13-24-22(29)17-9-11-18(23)12-10-17/h4,6-7,9-12H,5,8,13-14H2,1-3H3,(H,24,29)(H,25,27). The molecule has 2 aromatic carbocycles. The van der Waals surface area contributed by atoms with E-state index in [0.29, 0.717) is 23.6 Å². The molecule has 7 heteroatoms. The molecule has 0 radical (unpaired) electrons. The quantitative estimate of drug-likeness (QED) is 0.647. The molecule has 2 N–H and O–H groups in total. The largest absolute Gasteiger partial charge is 0.352 e. The lowest BCUT2D eigenvalue weighted by Gasteiger charge is -2.18. The Morgan fingerprint density at radius 2 is 1.72 bits per heavy atom. The molecule has 0 fully saturated rings. The summed E-state index contributed by atoms with van der Waals surface area (Å²) in [5.74, 6) is -0.609. The maximum absolute atomic E-state index is 12.2. The first-order valence-electron chi connectivity index (χ1n) is 9.41. The predicted octanol–water partition coefficient (Wildman–Crippen LogP) is 3.56. The van der Waals surface area contributed by atoms with E-state index in [1.54, 1.807) is 31.3 Å². The number of nitrogens with one attached hydrogen (secondary N) is 2. The van der Waals surface area contributed by atoms with Crippen molar-refractivity contribution in [1.82, 2.24) is 10.2 Å². The predicted molar refractivity (Wildman–Crippen MR) is 115 cm³/mol. The van der Waals surface area contributed by atoms with Crippen molar-refractivity contribution in [2.45, 2.75) is 26.7 Å². The van der Waals surface area contributed by atoms with Crippen LogP contribution in [-0.2, 0) is 9.59 Å². The van der Waals surface area contributed by atoms with Crippen LogP contribution in [0.1, 0.15) is 34.3 Å². The van der Waals surface area contributed by atoms with Crippen LogP contribution in [0.3, 0.4) is 0 Å². The molecule has 0 bridgehead atoms. The third-order valence-electron chi connectivity index (χ3n) is 4.64. The summed E-state index contributed by atoms with van der Waals surface area (Å²) in [7, 11) is 1.59. The lowest BCUT2D eigenvalue weighted by molar-refractivity contribution is -0.133. The molecule has 0 aliphatic rings. The second-order valence-electron chi connectivity index (χ2n) is 6.91. The topological polar surface area (TPSA) is 78.5 Å². The summed E-state index contributed by atoms with van der Waals surface area (Å²) in [6.07, 6.45) is 0.731. The highest BCUT2D eigenvalue weighted by Gasteiger charge is 2.14. The molecular formula is C22H26ClN3O3. The van der Waals surface area contributed by atoms with E-state index in [0.717, 1.165) is 16.8 Å². The Balaban J connectivity index is 1.71. The van der Waals surface area contributed by atoms with Crippen LogP contribution in [-0.4, -0.2) is 42.8 Å². The number of aryl methyl sites for hydroxylation is 1. The van der Waals surface area contributed by atoms with Crippen molar-refractivity contribution in [3.05, 3.63) is 64.2 Å². The van der Waals surface area contributed by atoms with Crippen LogP contribution in [0.2, 0.25) is 5.02 Å². The zero-order valence-corrected chi connectivity index (χ0v) is 17.7. The summed E-state index contributed by atoms with van der Waals surface area (Å²) >= 11 is 5.80. The number of halogens is 1. The fourth-order valence-electron chi connectivity index (χ4n) is 2.72. The minimum Gasteiger partial charge on any atom is -0.352 e. The molecule has 0 atom stereocenters. The zero-order valence-electron chi connectivity index (χ0n) is 16.9. The molecule has 6 nitrogen and oxygen atoms in total. The average molecular weight is 416 g/mol. The van der Waals surface area contributed by atoms with E-state index in [4.69, 9.17) is 11.6 Å². The molecule has 154 valence electrons. The van der Waals surface area contributed by atoms with Crippen molar-refractivity contribution in [2.24, 2.45) is 0 Å². The normalized spacial score (nSPS) is 10.3. The minimum absolute atomic E-state index is 0.0245. The monoisotopic (exact) mass is 415 g/mol. The van der Waals surface area contributed by atoms with E-state index in [1.807, 2.05) is 32.0 Å². The molecule has 0 aliphatic carbocycles. The first kappa shape index (κ1) is 22.4. The summed E-state index contributed by atoms with van der Waals surface area (Å²) in [6, 6.07) is 12.3. The van der Waals surface area contributed by atoms with Crippen molar-refractivity contribution in [2.75, 3.05) is 25.5 Å². The van der Waals surface area contributed by atoms with Gasteiger partial charge in [0.15, 0.2) is 0 Å². The van der Waals surface area contributed by atoms with Crippen molar-refractivity contribution in [3.63, 3.8) is 0 Å². The number of amides is 3.